The van der Waals surface area contributed by atoms with E-state index in [0.29, 0.717) is 13.1 Å². The van der Waals surface area contributed by atoms with E-state index in [4.69, 9.17) is 0 Å². The molecule has 0 aromatic heterocycles. The van der Waals surface area contributed by atoms with Gasteiger partial charge < -0.3 is 15.5 Å². The summed E-state index contributed by atoms with van der Waals surface area (Å²) < 4.78 is 0. The van der Waals surface area contributed by atoms with Crippen LogP contribution in [-0.2, 0) is 4.79 Å². The van der Waals surface area contributed by atoms with Crippen molar-refractivity contribution in [2.75, 3.05) is 58.9 Å². The molecule has 2 fully saturated rings. The van der Waals surface area contributed by atoms with E-state index >= 15 is 0 Å². The number of carbonyl (C=O) groups is 1. The number of nitrogens with one attached hydrogen (secondary N) is 2. The Morgan fingerprint density at radius 1 is 1.20 bits per heavy atom. The van der Waals surface area contributed by atoms with Crippen LogP contribution in [0.15, 0.2) is 12.7 Å². The van der Waals surface area contributed by atoms with Crippen LogP contribution in [0, 0.1) is 5.92 Å². The first-order valence-electron chi connectivity index (χ1n) is 7.81. The van der Waals surface area contributed by atoms with Gasteiger partial charge in [-0.15, -0.1) is 6.58 Å². The zero-order chi connectivity index (χ0) is 14.2. The van der Waals surface area contributed by atoms with Crippen LogP contribution in [0.1, 0.15) is 12.8 Å². The van der Waals surface area contributed by atoms with E-state index in [1.165, 1.54) is 32.5 Å². The Labute approximate surface area is 122 Å². The zero-order valence-electron chi connectivity index (χ0n) is 12.4. The number of amides is 1. The topological polar surface area (TPSA) is 47.6 Å². The molecule has 2 aliphatic rings. The zero-order valence-corrected chi connectivity index (χ0v) is 12.4. The van der Waals surface area contributed by atoms with Crippen LogP contribution in [0.4, 0.5) is 0 Å². The minimum absolute atomic E-state index is 0.108. The van der Waals surface area contributed by atoms with Gasteiger partial charge in [0, 0.05) is 39.3 Å². The molecule has 0 saturated carbocycles. The van der Waals surface area contributed by atoms with Crippen molar-refractivity contribution < 1.29 is 4.79 Å². The summed E-state index contributed by atoms with van der Waals surface area (Å²) in [5.74, 6) is 0.968. The molecule has 2 rings (SSSR count). The summed E-state index contributed by atoms with van der Waals surface area (Å²) in [7, 11) is 0. The highest BCUT2D eigenvalue weighted by Crippen LogP contribution is 2.14. The molecule has 0 aliphatic carbocycles. The second-order valence-corrected chi connectivity index (χ2v) is 5.86. The molecule has 0 aromatic rings. The number of nitrogens with zero attached hydrogens (tertiary/aromatic N) is 2. The quantitative estimate of drug-likeness (QED) is 0.668. The van der Waals surface area contributed by atoms with E-state index in [2.05, 4.69) is 27.0 Å². The Morgan fingerprint density at radius 2 is 1.85 bits per heavy atom. The van der Waals surface area contributed by atoms with Gasteiger partial charge in [0.05, 0.1) is 6.54 Å². The molecular weight excluding hydrogens is 252 g/mol. The fourth-order valence-electron chi connectivity index (χ4n) is 3.00. The van der Waals surface area contributed by atoms with E-state index in [1.54, 1.807) is 6.08 Å². The number of rotatable bonds is 6. The van der Waals surface area contributed by atoms with Gasteiger partial charge in [-0.1, -0.05) is 6.08 Å². The highest BCUT2D eigenvalue weighted by Gasteiger charge is 2.22. The summed E-state index contributed by atoms with van der Waals surface area (Å²) in [6.45, 7) is 12.5. The molecule has 0 atom stereocenters. The molecule has 5 heteroatoms. The lowest BCUT2D eigenvalue weighted by atomic mass is 9.97. The van der Waals surface area contributed by atoms with E-state index in [-0.39, 0.29) is 5.91 Å². The molecule has 2 saturated heterocycles. The van der Waals surface area contributed by atoms with E-state index in [1.807, 2.05) is 0 Å². The second kappa shape index (κ2) is 8.39. The molecule has 2 N–H and O–H groups in total. The molecule has 0 radical (unpaired) electrons. The molecule has 5 nitrogen and oxygen atoms in total. The molecule has 0 bridgehead atoms. The summed E-state index contributed by atoms with van der Waals surface area (Å²) in [5, 5.41) is 6.26. The van der Waals surface area contributed by atoms with E-state index in [9.17, 15) is 4.79 Å². The number of hydrogen-bond acceptors (Lipinski definition) is 4. The predicted molar refractivity (Wildman–Crippen MR) is 81.7 cm³/mol. The highest BCUT2D eigenvalue weighted by molar-refractivity contribution is 5.78. The largest absolute Gasteiger partial charge is 0.352 e. The molecule has 114 valence electrons. The number of carbonyl (C=O) groups excluding carboxylic acids is 1. The Balaban J connectivity index is 1.61. The summed E-state index contributed by atoms with van der Waals surface area (Å²) >= 11 is 0. The SMILES string of the molecule is C=CCNC(=O)CN1CCN(CC2CCNCC2)CC1. The van der Waals surface area contributed by atoms with Crippen LogP contribution in [0.2, 0.25) is 0 Å². The lowest BCUT2D eigenvalue weighted by molar-refractivity contribution is -0.122. The maximum atomic E-state index is 11.6. The van der Waals surface area contributed by atoms with Crippen molar-refractivity contribution in [1.82, 2.24) is 20.4 Å². The Hall–Kier alpha value is -0.910. The van der Waals surface area contributed by atoms with Gasteiger partial charge in [-0.05, 0) is 31.8 Å². The summed E-state index contributed by atoms with van der Waals surface area (Å²) in [6, 6.07) is 0. The van der Waals surface area contributed by atoms with Crippen LogP contribution >= 0.6 is 0 Å². The summed E-state index contributed by atoms with van der Waals surface area (Å²) in [4.78, 5) is 16.5. The Kier molecular flexibility index (Phi) is 6.50. The standard InChI is InChI=1S/C15H28N4O/c1-2-5-17-15(20)13-19-10-8-18(9-11-19)12-14-3-6-16-7-4-14/h2,14,16H,1,3-13H2,(H,17,20). The van der Waals surface area contributed by atoms with Gasteiger partial charge in [0.15, 0.2) is 0 Å². The Morgan fingerprint density at radius 3 is 2.50 bits per heavy atom. The van der Waals surface area contributed by atoms with Crippen molar-refractivity contribution in [2.45, 2.75) is 12.8 Å². The molecule has 2 heterocycles. The highest BCUT2D eigenvalue weighted by atomic mass is 16.2. The third-order valence-corrected chi connectivity index (χ3v) is 4.25. The van der Waals surface area contributed by atoms with Gasteiger partial charge in [-0.25, -0.2) is 0 Å². The minimum Gasteiger partial charge on any atom is -0.352 e. The van der Waals surface area contributed by atoms with E-state index < -0.39 is 0 Å². The average Bonchev–Trinajstić information content (AvgIpc) is 2.48. The van der Waals surface area contributed by atoms with Gasteiger partial charge in [-0.2, -0.15) is 0 Å². The lowest BCUT2D eigenvalue weighted by Gasteiger charge is -2.37. The maximum absolute atomic E-state index is 11.6. The molecule has 0 spiro atoms. The summed E-state index contributed by atoms with van der Waals surface area (Å²) in [5.41, 5.74) is 0. The molecular formula is C15H28N4O. The van der Waals surface area contributed by atoms with Gasteiger partial charge in [0.1, 0.15) is 0 Å². The van der Waals surface area contributed by atoms with Gasteiger partial charge in [0.25, 0.3) is 0 Å². The first-order chi connectivity index (χ1) is 9.78. The molecule has 20 heavy (non-hydrogen) atoms. The number of piperazine rings is 1. The van der Waals surface area contributed by atoms with Crippen molar-refractivity contribution >= 4 is 5.91 Å². The van der Waals surface area contributed by atoms with Crippen molar-refractivity contribution in [3.05, 3.63) is 12.7 Å². The van der Waals surface area contributed by atoms with Crippen LogP contribution in [-0.4, -0.2) is 74.6 Å². The van der Waals surface area contributed by atoms with Gasteiger partial charge in [-0.3, -0.25) is 9.69 Å². The first-order valence-corrected chi connectivity index (χ1v) is 7.81. The fraction of sp³-hybridized carbons (Fsp3) is 0.800. The molecule has 2 aliphatic heterocycles. The minimum atomic E-state index is 0.108. The predicted octanol–water partition coefficient (Wildman–Crippen LogP) is -0.0942. The number of hydrogen-bond donors (Lipinski definition) is 2. The molecule has 0 aromatic carbocycles. The van der Waals surface area contributed by atoms with E-state index in [0.717, 1.165) is 32.1 Å². The molecule has 0 unspecified atom stereocenters. The van der Waals surface area contributed by atoms with Gasteiger partial charge in [0.2, 0.25) is 5.91 Å². The van der Waals surface area contributed by atoms with Crippen molar-refractivity contribution in [1.29, 1.82) is 0 Å². The van der Waals surface area contributed by atoms with Crippen molar-refractivity contribution in [3.63, 3.8) is 0 Å². The average molecular weight is 280 g/mol. The summed E-state index contributed by atoms with van der Waals surface area (Å²) in [6.07, 6.45) is 4.34. The third kappa shape index (κ3) is 5.23. The first kappa shape index (κ1) is 15.5. The monoisotopic (exact) mass is 280 g/mol. The van der Waals surface area contributed by atoms with Crippen LogP contribution in [0.3, 0.4) is 0 Å². The smallest absolute Gasteiger partial charge is 0.234 e. The van der Waals surface area contributed by atoms with Crippen LogP contribution < -0.4 is 10.6 Å². The maximum Gasteiger partial charge on any atom is 0.234 e. The third-order valence-electron chi connectivity index (χ3n) is 4.25. The fourth-order valence-corrected chi connectivity index (χ4v) is 3.00. The molecule has 1 amide bonds. The van der Waals surface area contributed by atoms with Crippen molar-refractivity contribution in [2.24, 2.45) is 5.92 Å². The van der Waals surface area contributed by atoms with Gasteiger partial charge >= 0.3 is 0 Å². The van der Waals surface area contributed by atoms with Crippen LogP contribution in [0.5, 0.6) is 0 Å². The Bertz CT molecular complexity index is 307. The van der Waals surface area contributed by atoms with Crippen LogP contribution in [0.25, 0.3) is 0 Å². The normalized spacial score (nSPS) is 22.6. The second-order valence-electron chi connectivity index (χ2n) is 5.86. The number of piperidine rings is 1. The van der Waals surface area contributed by atoms with Crippen molar-refractivity contribution in [3.8, 4) is 0 Å². The lowest BCUT2D eigenvalue weighted by Crippen LogP contribution is -2.50.